The van der Waals surface area contributed by atoms with Crippen LogP contribution in [0.3, 0.4) is 0 Å². The molecule has 7 heteroatoms. The SMILES string of the molecule is COCCN1CCOC2CCN(C(=O)c3ccc(OC)cc3OC)CCC21. The average Bonchev–Trinajstić information content (AvgIpc) is 2.94. The summed E-state index contributed by atoms with van der Waals surface area (Å²) in [5, 5.41) is 0. The van der Waals surface area contributed by atoms with E-state index in [1.54, 1.807) is 39.5 Å². The van der Waals surface area contributed by atoms with Gasteiger partial charge in [-0.2, -0.15) is 0 Å². The van der Waals surface area contributed by atoms with E-state index in [1.807, 2.05) is 4.90 Å². The molecule has 7 nitrogen and oxygen atoms in total. The van der Waals surface area contributed by atoms with E-state index in [4.69, 9.17) is 18.9 Å². The minimum Gasteiger partial charge on any atom is -0.497 e. The van der Waals surface area contributed by atoms with Crippen molar-refractivity contribution in [3.8, 4) is 11.5 Å². The molecular formula is C20H30N2O5. The number of hydrogen-bond acceptors (Lipinski definition) is 6. The van der Waals surface area contributed by atoms with Crippen LogP contribution in [0.2, 0.25) is 0 Å². The summed E-state index contributed by atoms with van der Waals surface area (Å²) in [7, 11) is 4.90. The van der Waals surface area contributed by atoms with Gasteiger partial charge in [0, 0.05) is 45.4 Å². The van der Waals surface area contributed by atoms with Gasteiger partial charge in [0.15, 0.2) is 0 Å². The predicted octanol–water partition coefficient (Wildman–Crippen LogP) is 1.66. The molecule has 1 aromatic carbocycles. The molecule has 2 aliphatic rings. The Balaban J connectivity index is 1.71. The van der Waals surface area contributed by atoms with Crippen LogP contribution in [-0.4, -0.2) is 88.6 Å². The fourth-order valence-electron chi connectivity index (χ4n) is 4.00. The summed E-state index contributed by atoms with van der Waals surface area (Å²) in [6, 6.07) is 5.66. The lowest BCUT2D eigenvalue weighted by Gasteiger charge is -2.40. The molecule has 1 aromatic rings. The van der Waals surface area contributed by atoms with Gasteiger partial charge in [-0.3, -0.25) is 9.69 Å². The number of fused-ring (bicyclic) bond motifs is 1. The molecule has 0 bridgehead atoms. The molecular weight excluding hydrogens is 348 g/mol. The Bertz CT molecular complexity index is 639. The van der Waals surface area contributed by atoms with E-state index in [2.05, 4.69) is 4.90 Å². The number of rotatable bonds is 6. The van der Waals surface area contributed by atoms with E-state index >= 15 is 0 Å². The number of carbonyl (C=O) groups excluding carboxylic acids is 1. The molecule has 1 amide bonds. The highest BCUT2D eigenvalue weighted by Gasteiger charge is 2.35. The quantitative estimate of drug-likeness (QED) is 0.750. The first kappa shape index (κ1) is 19.9. The van der Waals surface area contributed by atoms with Gasteiger partial charge in [-0.15, -0.1) is 0 Å². The number of methoxy groups -OCH3 is 3. The zero-order valence-corrected chi connectivity index (χ0v) is 16.5. The summed E-state index contributed by atoms with van der Waals surface area (Å²) < 4.78 is 21.9. The fourth-order valence-corrected chi connectivity index (χ4v) is 4.00. The van der Waals surface area contributed by atoms with Gasteiger partial charge < -0.3 is 23.8 Å². The van der Waals surface area contributed by atoms with Crippen molar-refractivity contribution in [1.82, 2.24) is 9.80 Å². The maximum Gasteiger partial charge on any atom is 0.257 e. The largest absolute Gasteiger partial charge is 0.497 e. The molecule has 150 valence electrons. The Labute approximate surface area is 161 Å². The van der Waals surface area contributed by atoms with E-state index in [0.29, 0.717) is 36.2 Å². The van der Waals surface area contributed by atoms with Crippen LogP contribution in [0, 0.1) is 0 Å². The third-order valence-corrected chi connectivity index (χ3v) is 5.50. The van der Waals surface area contributed by atoms with Crippen molar-refractivity contribution in [2.45, 2.75) is 25.0 Å². The first-order chi connectivity index (χ1) is 13.2. The summed E-state index contributed by atoms with van der Waals surface area (Å²) >= 11 is 0. The van der Waals surface area contributed by atoms with Crippen LogP contribution < -0.4 is 9.47 Å². The Hall–Kier alpha value is -1.83. The van der Waals surface area contributed by atoms with Crippen molar-refractivity contribution >= 4 is 5.91 Å². The van der Waals surface area contributed by atoms with Crippen molar-refractivity contribution in [2.75, 3.05) is 60.7 Å². The number of ether oxygens (including phenoxy) is 4. The Morgan fingerprint density at radius 3 is 2.70 bits per heavy atom. The van der Waals surface area contributed by atoms with Gasteiger partial charge in [0.05, 0.1) is 39.1 Å². The van der Waals surface area contributed by atoms with Crippen molar-refractivity contribution in [3.05, 3.63) is 23.8 Å². The second kappa shape index (κ2) is 9.39. The monoisotopic (exact) mass is 378 g/mol. The van der Waals surface area contributed by atoms with Crippen LogP contribution in [-0.2, 0) is 9.47 Å². The highest BCUT2D eigenvalue weighted by Crippen LogP contribution is 2.28. The number of nitrogens with zero attached hydrogens (tertiary/aromatic N) is 2. The molecule has 2 unspecified atom stereocenters. The second-order valence-electron chi connectivity index (χ2n) is 6.94. The van der Waals surface area contributed by atoms with Crippen LogP contribution >= 0.6 is 0 Å². The zero-order chi connectivity index (χ0) is 19.2. The summed E-state index contributed by atoms with van der Waals surface area (Å²) in [5.41, 5.74) is 0.570. The standard InChI is InChI=1S/C20H30N2O5/c1-24-12-10-21-11-13-27-18-7-9-22(8-6-17(18)21)20(23)16-5-4-15(25-2)14-19(16)26-3/h4-5,14,17-18H,6-13H2,1-3H3. The van der Waals surface area contributed by atoms with Gasteiger partial charge >= 0.3 is 0 Å². The first-order valence-corrected chi connectivity index (χ1v) is 9.53. The van der Waals surface area contributed by atoms with Gasteiger partial charge in [0.1, 0.15) is 11.5 Å². The maximum atomic E-state index is 13.1. The van der Waals surface area contributed by atoms with Crippen LogP contribution in [0.25, 0.3) is 0 Å². The van der Waals surface area contributed by atoms with Crippen LogP contribution in [0.15, 0.2) is 18.2 Å². The Kier molecular flexibility index (Phi) is 6.93. The van der Waals surface area contributed by atoms with Crippen molar-refractivity contribution in [2.24, 2.45) is 0 Å². The number of hydrogen-bond donors (Lipinski definition) is 0. The zero-order valence-electron chi connectivity index (χ0n) is 16.5. The Morgan fingerprint density at radius 2 is 1.96 bits per heavy atom. The van der Waals surface area contributed by atoms with E-state index in [0.717, 1.165) is 39.1 Å². The van der Waals surface area contributed by atoms with E-state index in [1.165, 1.54) is 0 Å². The molecule has 0 aliphatic carbocycles. The molecule has 2 heterocycles. The third kappa shape index (κ3) is 4.54. The topological polar surface area (TPSA) is 60.5 Å². The van der Waals surface area contributed by atoms with Gasteiger partial charge in [0.2, 0.25) is 0 Å². The predicted molar refractivity (Wildman–Crippen MR) is 102 cm³/mol. The third-order valence-electron chi connectivity index (χ3n) is 5.50. The van der Waals surface area contributed by atoms with Crippen molar-refractivity contribution in [3.63, 3.8) is 0 Å². The summed E-state index contributed by atoms with van der Waals surface area (Å²) in [6.07, 6.45) is 1.92. The fraction of sp³-hybridized carbons (Fsp3) is 0.650. The van der Waals surface area contributed by atoms with Gasteiger partial charge in [0.25, 0.3) is 5.91 Å². The lowest BCUT2D eigenvalue weighted by molar-refractivity contribution is -0.0761. The van der Waals surface area contributed by atoms with E-state index in [9.17, 15) is 4.79 Å². The molecule has 2 saturated heterocycles. The van der Waals surface area contributed by atoms with Gasteiger partial charge in [-0.1, -0.05) is 0 Å². The lowest BCUT2D eigenvalue weighted by atomic mass is 10.0. The average molecular weight is 378 g/mol. The minimum absolute atomic E-state index is 0.00316. The number of amides is 1. The highest BCUT2D eigenvalue weighted by atomic mass is 16.5. The second-order valence-corrected chi connectivity index (χ2v) is 6.94. The van der Waals surface area contributed by atoms with Crippen LogP contribution in [0.1, 0.15) is 23.2 Å². The first-order valence-electron chi connectivity index (χ1n) is 9.53. The van der Waals surface area contributed by atoms with Gasteiger partial charge in [-0.25, -0.2) is 0 Å². The molecule has 2 atom stereocenters. The number of carbonyl (C=O) groups is 1. The lowest BCUT2D eigenvalue weighted by Crippen LogP contribution is -2.52. The van der Waals surface area contributed by atoms with Crippen molar-refractivity contribution in [1.29, 1.82) is 0 Å². The number of likely N-dealkylation sites (tertiary alicyclic amines) is 1. The molecule has 2 fully saturated rings. The smallest absolute Gasteiger partial charge is 0.257 e. The molecule has 2 aliphatic heterocycles. The summed E-state index contributed by atoms with van der Waals surface area (Å²) in [6.45, 7) is 4.68. The van der Waals surface area contributed by atoms with Crippen LogP contribution in [0.4, 0.5) is 0 Å². The summed E-state index contributed by atoms with van der Waals surface area (Å²) in [5.74, 6) is 1.21. The molecule has 0 radical (unpaired) electrons. The molecule has 0 saturated carbocycles. The van der Waals surface area contributed by atoms with E-state index < -0.39 is 0 Å². The molecule has 3 rings (SSSR count). The number of benzene rings is 1. The summed E-state index contributed by atoms with van der Waals surface area (Å²) in [4.78, 5) is 17.5. The highest BCUT2D eigenvalue weighted by molar-refractivity contribution is 5.97. The van der Waals surface area contributed by atoms with Gasteiger partial charge in [-0.05, 0) is 25.0 Å². The molecule has 0 N–H and O–H groups in total. The number of morpholine rings is 1. The van der Waals surface area contributed by atoms with Crippen molar-refractivity contribution < 1.29 is 23.7 Å². The Morgan fingerprint density at radius 1 is 1.15 bits per heavy atom. The molecule has 27 heavy (non-hydrogen) atoms. The van der Waals surface area contributed by atoms with E-state index in [-0.39, 0.29) is 12.0 Å². The normalized spacial score (nSPS) is 23.4. The molecule has 0 spiro atoms. The maximum absolute atomic E-state index is 13.1. The van der Waals surface area contributed by atoms with Crippen LogP contribution in [0.5, 0.6) is 11.5 Å². The minimum atomic E-state index is -0.00316. The molecule has 0 aromatic heterocycles.